The Morgan fingerprint density at radius 1 is 0.958 bits per heavy atom. The van der Waals surface area contributed by atoms with Crippen molar-refractivity contribution in [3.63, 3.8) is 0 Å². The molecule has 0 saturated carbocycles. The molecule has 2 nitrogen and oxygen atoms in total. The molecule has 3 aromatic rings. The molecule has 3 rings (SSSR count). The maximum Gasteiger partial charge on any atom is 0.127 e. The van der Waals surface area contributed by atoms with E-state index in [2.05, 4.69) is 43.3 Å². The Hall–Kier alpha value is -2.03. The molecule has 0 aliphatic heterocycles. The third-order valence-electron chi connectivity index (χ3n) is 4.26. The summed E-state index contributed by atoms with van der Waals surface area (Å²) < 4.78 is 6.09. The van der Waals surface area contributed by atoms with Crippen molar-refractivity contribution < 1.29 is 4.74 Å². The Balaban J connectivity index is 1.71. The monoisotopic (exact) mass is 339 g/mol. The molecular weight excluding hydrogens is 318 g/mol. The third kappa shape index (κ3) is 3.89. The van der Waals surface area contributed by atoms with Gasteiger partial charge >= 0.3 is 0 Å². The van der Waals surface area contributed by atoms with Crippen LogP contribution in [0.3, 0.4) is 0 Å². The van der Waals surface area contributed by atoms with Crippen LogP contribution in [0.5, 0.6) is 5.75 Å². The number of hydrogen-bond acceptors (Lipinski definition) is 2. The van der Waals surface area contributed by atoms with Crippen LogP contribution >= 0.6 is 11.6 Å². The molecule has 0 saturated heterocycles. The van der Waals surface area contributed by atoms with Gasteiger partial charge in [-0.3, -0.25) is 0 Å². The van der Waals surface area contributed by atoms with Crippen molar-refractivity contribution in [3.05, 3.63) is 77.3 Å². The minimum absolute atomic E-state index is 0.277. The summed E-state index contributed by atoms with van der Waals surface area (Å²) in [4.78, 5) is 2.21. The zero-order chi connectivity index (χ0) is 16.9. The summed E-state index contributed by atoms with van der Waals surface area (Å²) in [5.41, 5.74) is 1.22. The van der Waals surface area contributed by atoms with E-state index in [0.29, 0.717) is 6.61 Å². The maximum atomic E-state index is 6.14. The minimum atomic E-state index is 0.277. The standard InChI is InChI=1S/C21H22ClNO/c1-23(2)20(17-9-5-10-18(22)15-17)13-14-24-21-12-6-8-16-7-3-4-11-19(16)21/h3-12,15,20H,13-14H2,1-2H3. The van der Waals surface area contributed by atoms with Crippen LogP contribution < -0.4 is 4.74 Å². The Morgan fingerprint density at radius 2 is 1.71 bits per heavy atom. The van der Waals surface area contributed by atoms with Crippen molar-refractivity contribution in [2.45, 2.75) is 12.5 Å². The minimum Gasteiger partial charge on any atom is -0.493 e. The predicted molar refractivity (Wildman–Crippen MR) is 102 cm³/mol. The van der Waals surface area contributed by atoms with Crippen molar-refractivity contribution in [2.75, 3.05) is 20.7 Å². The second-order valence-corrected chi connectivity index (χ2v) is 6.59. The second kappa shape index (κ2) is 7.69. The lowest BCUT2D eigenvalue weighted by Gasteiger charge is -2.25. The fourth-order valence-corrected chi connectivity index (χ4v) is 3.24. The summed E-state index contributed by atoms with van der Waals surface area (Å²) in [6.45, 7) is 0.656. The molecule has 0 N–H and O–H groups in total. The molecular formula is C21H22ClNO. The van der Waals surface area contributed by atoms with E-state index in [1.807, 2.05) is 42.5 Å². The first-order valence-corrected chi connectivity index (χ1v) is 8.55. The Kier molecular flexibility index (Phi) is 5.39. The van der Waals surface area contributed by atoms with Crippen molar-refractivity contribution in [1.82, 2.24) is 4.90 Å². The molecule has 1 unspecified atom stereocenters. The summed E-state index contributed by atoms with van der Waals surface area (Å²) in [7, 11) is 4.17. The van der Waals surface area contributed by atoms with Crippen molar-refractivity contribution in [2.24, 2.45) is 0 Å². The lowest BCUT2D eigenvalue weighted by molar-refractivity contribution is 0.225. The second-order valence-electron chi connectivity index (χ2n) is 6.15. The van der Waals surface area contributed by atoms with E-state index < -0.39 is 0 Å². The average Bonchev–Trinajstić information content (AvgIpc) is 2.58. The average molecular weight is 340 g/mol. The van der Waals surface area contributed by atoms with E-state index in [0.717, 1.165) is 22.6 Å². The van der Waals surface area contributed by atoms with Crippen LogP contribution in [0, 0.1) is 0 Å². The zero-order valence-electron chi connectivity index (χ0n) is 14.1. The van der Waals surface area contributed by atoms with Gasteiger partial charge in [-0.25, -0.2) is 0 Å². The quantitative estimate of drug-likeness (QED) is 0.582. The molecule has 0 heterocycles. The van der Waals surface area contributed by atoms with Gasteiger partial charge in [0.2, 0.25) is 0 Å². The van der Waals surface area contributed by atoms with Crippen molar-refractivity contribution in [1.29, 1.82) is 0 Å². The van der Waals surface area contributed by atoms with Crippen LogP contribution in [-0.2, 0) is 0 Å². The molecule has 0 bridgehead atoms. The van der Waals surface area contributed by atoms with Gasteiger partial charge < -0.3 is 9.64 Å². The van der Waals surface area contributed by atoms with Crippen LogP contribution in [0.2, 0.25) is 5.02 Å². The Morgan fingerprint density at radius 3 is 2.50 bits per heavy atom. The highest BCUT2D eigenvalue weighted by Crippen LogP contribution is 2.28. The predicted octanol–water partition coefficient (Wildman–Crippen LogP) is 5.57. The highest BCUT2D eigenvalue weighted by molar-refractivity contribution is 6.30. The number of fused-ring (bicyclic) bond motifs is 1. The maximum absolute atomic E-state index is 6.14. The Bertz CT molecular complexity index is 810. The Labute approximate surface area is 148 Å². The normalized spacial score (nSPS) is 12.5. The van der Waals surface area contributed by atoms with E-state index in [4.69, 9.17) is 16.3 Å². The smallest absolute Gasteiger partial charge is 0.127 e. The first kappa shape index (κ1) is 16.8. The summed E-state index contributed by atoms with van der Waals surface area (Å²) in [6.07, 6.45) is 0.899. The first-order valence-electron chi connectivity index (χ1n) is 8.17. The molecule has 0 aliphatic carbocycles. The zero-order valence-corrected chi connectivity index (χ0v) is 14.8. The molecule has 124 valence electrons. The van der Waals surface area contributed by atoms with Gasteiger partial charge in [-0.2, -0.15) is 0 Å². The van der Waals surface area contributed by atoms with Gasteiger partial charge in [0.05, 0.1) is 6.61 Å². The third-order valence-corrected chi connectivity index (χ3v) is 4.49. The lowest BCUT2D eigenvalue weighted by Crippen LogP contribution is -2.22. The fraction of sp³-hybridized carbons (Fsp3) is 0.238. The van der Waals surface area contributed by atoms with Gasteiger partial charge in [-0.1, -0.05) is 60.1 Å². The summed E-state index contributed by atoms with van der Waals surface area (Å²) in [6, 6.07) is 22.8. The number of rotatable bonds is 6. The van der Waals surface area contributed by atoms with Crippen LogP contribution in [-0.4, -0.2) is 25.6 Å². The first-order chi connectivity index (χ1) is 11.6. The van der Waals surface area contributed by atoms with E-state index in [-0.39, 0.29) is 6.04 Å². The van der Waals surface area contributed by atoms with E-state index in [1.54, 1.807) is 0 Å². The fourth-order valence-electron chi connectivity index (χ4n) is 3.04. The summed E-state index contributed by atoms with van der Waals surface area (Å²) >= 11 is 6.14. The van der Waals surface area contributed by atoms with Gasteiger partial charge in [-0.15, -0.1) is 0 Å². The number of halogens is 1. The lowest BCUT2D eigenvalue weighted by atomic mass is 10.0. The number of ether oxygens (including phenoxy) is 1. The molecule has 0 fully saturated rings. The largest absolute Gasteiger partial charge is 0.493 e. The van der Waals surface area contributed by atoms with Gasteiger partial charge in [0.25, 0.3) is 0 Å². The van der Waals surface area contributed by atoms with Crippen LogP contribution in [0.4, 0.5) is 0 Å². The molecule has 24 heavy (non-hydrogen) atoms. The molecule has 0 aliphatic rings. The van der Waals surface area contributed by atoms with E-state index in [9.17, 15) is 0 Å². The highest BCUT2D eigenvalue weighted by atomic mass is 35.5. The SMILES string of the molecule is CN(C)C(CCOc1cccc2ccccc12)c1cccc(Cl)c1. The van der Waals surface area contributed by atoms with Gasteiger partial charge in [0.1, 0.15) is 5.75 Å². The van der Waals surface area contributed by atoms with Crippen LogP contribution in [0.25, 0.3) is 10.8 Å². The summed E-state index contributed by atoms with van der Waals surface area (Å²) in [5, 5.41) is 3.13. The molecule has 3 heteroatoms. The topological polar surface area (TPSA) is 12.5 Å². The van der Waals surface area contributed by atoms with E-state index in [1.165, 1.54) is 10.9 Å². The molecule has 0 aromatic heterocycles. The van der Waals surface area contributed by atoms with Crippen LogP contribution in [0.1, 0.15) is 18.0 Å². The van der Waals surface area contributed by atoms with Crippen LogP contribution in [0.15, 0.2) is 66.7 Å². The highest BCUT2D eigenvalue weighted by Gasteiger charge is 2.14. The number of benzene rings is 3. The van der Waals surface area contributed by atoms with Gasteiger partial charge in [0, 0.05) is 22.9 Å². The summed E-state index contributed by atoms with van der Waals surface area (Å²) in [5.74, 6) is 0.941. The molecule has 0 amide bonds. The molecule has 0 radical (unpaired) electrons. The molecule has 3 aromatic carbocycles. The number of hydrogen-bond donors (Lipinski definition) is 0. The van der Waals surface area contributed by atoms with Crippen molar-refractivity contribution >= 4 is 22.4 Å². The van der Waals surface area contributed by atoms with Gasteiger partial charge in [0.15, 0.2) is 0 Å². The van der Waals surface area contributed by atoms with Gasteiger partial charge in [-0.05, 0) is 43.2 Å². The molecule has 1 atom stereocenters. The number of nitrogens with zero attached hydrogens (tertiary/aromatic N) is 1. The van der Waals surface area contributed by atoms with Crippen molar-refractivity contribution in [3.8, 4) is 5.75 Å². The van der Waals surface area contributed by atoms with E-state index >= 15 is 0 Å². The molecule has 0 spiro atoms.